The van der Waals surface area contributed by atoms with Crippen molar-refractivity contribution in [2.45, 2.75) is 63.2 Å². The standard InChI is InChI=1S/C47H70F4N4O17S2/c1-2-9-54-47(58)34-31-37-36(55-38(52)32-34)33-35(73-37)6-4-3-5-10-53-39(56)7-11-62-13-15-64-17-19-66-21-23-68-25-27-70-29-30-71-28-26-69-24-22-67-20-18-65-16-14-63-12-8-40(57)72-45-41(48)43(50)46(74(59,60)61)44(51)42(45)49/h31,33H,2-30,32H2,1H3,(H2,52,55)(H,53,56)(H,54,58)(H,59,60,61). The summed E-state index contributed by atoms with van der Waals surface area (Å²) in [4.78, 5) is 40.9. The maximum atomic E-state index is 14.0. The number of amides is 2. The first-order valence-electron chi connectivity index (χ1n) is 24.3. The number of hydrogen-bond acceptors (Lipinski definition) is 19. The fourth-order valence-electron chi connectivity index (χ4n) is 6.25. The Morgan fingerprint density at radius 1 is 0.635 bits per heavy atom. The molecule has 2 amide bonds. The third kappa shape index (κ3) is 27.0. The van der Waals surface area contributed by atoms with Crippen molar-refractivity contribution in [3.8, 4) is 5.75 Å². The minimum atomic E-state index is -5.65. The molecule has 0 atom stereocenters. The molecule has 0 radical (unpaired) electrons. The number of aliphatic imine (C=N–C) groups is 1. The summed E-state index contributed by atoms with van der Waals surface area (Å²) in [5.74, 6) is -12.4. The monoisotopic (exact) mass is 1100 g/mol. The van der Waals surface area contributed by atoms with Crippen LogP contribution in [0.1, 0.15) is 61.6 Å². The molecule has 0 fully saturated rings. The van der Waals surface area contributed by atoms with E-state index < -0.39 is 56.4 Å². The maximum Gasteiger partial charge on any atom is 0.313 e. The first-order chi connectivity index (χ1) is 35.7. The molecule has 0 spiro atoms. The van der Waals surface area contributed by atoms with Gasteiger partial charge < -0.3 is 68.5 Å². The fraction of sp³-hybridized carbons (Fsp3) is 0.660. The summed E-state index contributed by atoms with van der Waals surface area (Å²) in [6.07, 6.45) is 6.52. The number of fused-ring (bicyclic) bond motifs is 1. The molecule has 2 aromatic rings. The smallest absolute Gasteiger partial charge is 0.313 e. The molecular weight excluding hydrogens is 1030 g/mol. The number of amidine groups is 1. The molecule has 0 unspecified atom stereocenters. The Morgan fingerprint density at radius 3 is 1.53 bits per heavy atom. The average Bonchev–Trinajstić information content (AvgIpc) is 3.66. The van der Waals surface area contributed by atoms with Crippen molar-refractivity contribution in [2.75, 3.05) is 145 Å². The predicted octanol–water partition coefficient (Wildman–Crippen LogP) is 4.23. The van der Waals surface area contributed by atoms with Gasteiger partial charge in [0.2, 0.25) is 29.2 Å². The van der Waals surface area contributed by atoms with Gasteiger partial charge in [0.15, 0.2) is 16.5 Å². The highest BCUT2D eigenvalue weighted by Crippen LogP contribution is 2.35. The van der Waals surface area contributed by atoms with Crippen molar-refractivity contribution in [1.82, 2.24) is 10.6 Å². The van der Waals surface area contributed by atoms with Gasteiger partial charge in [-0.2, -0.15) is 17.2 Å². The third-order valence-corrected chi connectivity index (χ3v) is 11.9. The van der Waals surface area contributed by atoms with Crippen molar-refractivity contribution in [3.05, 3.63) is 44.7 Å². The number of thiophene rings is 1. The van der Waals surface area contributed by atoms with E-state index in [9.17, 15) is 40.4 Å². The van der Waals surface area contributed by atoms with Crippen molar-refractivity contribution in [1.29, 1.82) is 0 Å². The Morgan fingerprint density at radius 2 is 1.08 bits per heavy atom. The van der Waals surface area contributed by atoms with Crippen LogP contribution < -0.4 is 21.1 Å². The quantitative estimate of drug-likeness (QED) is 0.0181. The van der Waals surface area contributed by atoms with Crippen LogP contribution in [0.5, 0.6) is 5.75 Å². The number of ether oxygens (including phenoxy) is 11. The zero-order chi connectivity index (χ0) is 53.8. The van der Waals surface area contributed by atoms with Crippen LogP contribution in [0.15, 0.2) is 21.5 Å². The molecule has 0 bridgehead atoms. The summed E-state index contributed by atoms with van der Waals surface area (Å²) < 4.78 is 145. The van der Waals surface area contributed by atoms with Crippen LogP contribution in [0.4, 0.5) is 23.2 Å². The number of hydrogen-bond donors (Lipinski definition) is 4. The van der Waals surface area contributed by atoms with E-state index in [1.807, 2.05) is 19.1 Å². The second kappa shape index (κ2) is 38.3. The van der Waals surface area contributed by atoms with Crippen molar-refractivity contribution in [3.63, 3.8) is 0 Å². The van der Waals surface area contributed by atoms with Gasteiger partial charge in [0.1, 0.15) is 5.84 Å². The number of nitrogens with one attached hydrogen (secondary N) is 2. The first-order valence-corrected chi connectivity index (χ1v) is 26.5. The van der Waals surface area contributed by atoms with E-state index in [0.29, 0.717) is 130 Å². The lowest BCUT2D eigenvalue weighted by molar-refractivity contribution is -0.136. The number of esters is 1. The molecule has 1 aromatic carbocycles. The Hall–Kier alpha value is -4.23. The Kier molecular flexibility index (Phi) is 33.2. The van der Waals surface area contributed by atoms with Crippen LogP contribution in [-0.4, -0.2) is 182 Å². The molecule has 1 aliphatic heterocycles. The number of unbranched alkanes of at least 4 members (excludes halogenated alkanes) is 2. The summed E-state index contributed by atoms with van der Waals surface area (Å²) in [6.45, 7) is 9.35. The number of aryl methyl sites for hydroxylation is 1. The normalized spacial score (nSPS) is 12.6. The molecule has 0 saturated carbocycles. The summed E-state index contributed by atoms with van der Waals surface area (Å²) in [5, 5.41) is 5.85. The molecule has 0 saturated heterocycles. The van der Waals surface area contributed by atoms with E-state index in [2.05, 4.69) is 20.4 Å². The molecular formula is C47H70F4N4O17S2. The van der Waals surface area contributed by atoms with Gasteiger partial charge in [0.05, 0.1) is 149 Å². The highest BCUT2D eigenvalue weighted by atomic mass is 32.2. The van der Waals surface area contributed by atoms with E-state index >= 15 is 0 Å². The molecule has 1 aliphatic rings. The minimum absolute atomic E-state index is 0.0205. The highest BCUT2D eigenvalue weighted by Gasteiger charge is 2.34. The fourth-order valence-corrected chi connectivity index (χ4v) is 7.99. The molecule has 74 heavy (non-hydrogen) atoms. The SMILES string of the molecule is CCCNC(=O)C1=Cc2sc(CCCCCNC(=O)CCOCCOCCOCCOCCOCCOCCOCCOCCOCCOCCC(=O)Oc3c(F)c(F)c(S(=O)(=O)O)c(F)c3F)cc2N=C(N)C1. The number of nitrogens with two attached hydrogens (primary N) is 1. The van der Waals surface area contributed by atoms with Gasteiger partial charge >= 0.3 is 16.1 Å². The van der Waals surface area contributed by atoms with Crippen LogP contribution in [0.25, 0.3) is 6.08 Å². The van der Waals surface area contributed by atoms with Crippen LogP contribution >= 0.6 is 11.3 Å². The molecule has 5 N–H and O–H groups in total. The van der Waals surface area contributed by atoms with E-state index in [0.717, 1.165) is 42.7 Å². The minimum Gasteiger partial charge on any atom is -0.420 e. The van der Waals surface area contributed by atoms with Gasteiger partial charge in [-0.05, 0) is 37.8 Å². The van der Waals surface area contributed by atoms with Crippen LogP contribution in [0, 0.1) is 23.3 Å². The third-order valence-electron chi connectivity index (χ3n) is 9.91. The summed E-state index contributed by atoms with van der Waals surface area (Å²) in [6, 6.07) is 2.05. The molecule has 3 rings (SSSR count). The van der Waals surface area contributed by atoms with E-state index in [1.165, 1.54) is 4.88 Å². The van der Waals surface area contributed by atoms with Gasteiger partial charge in [-0.15, -0.1) is 11.3 Å². The number of halogens is 4. The van der Waals surface area contributed by atoms with Crippen molar-refractivity contribution in [2.24, 2.45) is 10.7 Å². The number of carbonyl (C=O) groups is 3. The van der Waals surface area contributed by atoms with Gasteiger partial charge in [-0.3, -0.25) is 18.9 Å². The lowest BCUT2D eigenvalue weighted by atomic mass is 10.1. The second-order valence-corrected chi connectivity index (χ2v) is 18.3. The lowest BCUT2D eigenvalue weighted by Crippen LogP contribution is -2.27. The molecule has 420 valence electrons. The number of rotatable bonds is 44. The Labute approximate surface area is 432 Å². The van der Waals surface area contributed by atoms with E-state index in [1.54, 1.807) is 11.3 Å². The molecule has 0 aliphatic carbocycles. The summed E-state index contributed by atoms with van der Waals surface area (Å²) in [5.41, 5.74) is 7.52. The average molecular weight is 1100 g/mol. The van der Waals surface area contributed by atoms with E-state index in [4.69, 9.17) is 57.7 Å². The topological polar surface area (TPSA) is 270 Å². The maximum absolute atomic E-state index is 14.0. The zero-order valence-electron chi connectivity index (χ0n) is 41.7. The lowest BCUT2D eigenvalue weighted by Gasteiger charge is -2.11. The van der Waals surface area contributed by atoms with Crippen LogP contribution in [0.2, 0.25) is 0 Å². The highest BCUT2D eigenvalue weighted by molar-refractivity contribution is 7.85. The first kappa shape index (κ1) is 64.1. The van der Waals surface area contributed by atoms with Gasteiger partial charge in [0, 0.05) is 36.4 Å². The van der Waals surface area contributed by atoms with Crippen LogP contribution in [-0.2, 0) is 78.3 Å². The van der Waals surface area contributed by atoms with E-state index in [-0.39, 0.29) is 51.3 Å². The Bertz CT molecular complexity index is 2120. The number of benzene rings is 1. The summed E-state index contributed by atoms with van der Waals surface area (Å²) in [7, 11) is -5.65. The summed E-state index contributed by atoms with van der Waals surface area (Å²) >= 11 is 1.64. The van der Waals surface area contributed by atoms with Crippen LogP contribution in [0.3, 0.4) is 0 Å². The van der Waals surface area contributed by atoms with Gasteiger partial charge in [0.25, 0.3) is 0 Å². The van der Waals surface area contributed by atoms with Crippen molar-refractivity contribution < 1.29 is 97.0 Å². The molecule has 27 heteroatoms. The zero-order valence-corrected chi connectivity index (χ0v) is 43.3. The predicted molar refractivity (Wildman–Crippen MR) is 261 cm³/mol. The molecule has 21 nitrogen and oxygen atoms in total. The molecule has 2 heterocycles. The second-order valence-electron chi connectivity index (χ2n) is 15.8. The Balaban J connectivity index is 0.973. The van der Waals surface area contributed by atoms with Crippen molar-refractivity contribution >= 4 is 56.8 Å². The largest absolute Gasteiger partial charge is 0.420 e. The van der Waals surface area contributed by atoms with Gasteiger partial charge in [-0.1, -0.05) is 13.3 Å². The number of nitrogens with zero attached hydrogens (tertiary/aromatic N) is 1. The van der Waals surface area contributed by atoms with Gasteiger partial charge in [-0.25, -0.2) is 13.8 Å². The molecule has 1 aromatic heterocycles. The number of carbonyl (C=O) groups excluding carboxylic acids is 3.